The van der Waals surface area contributed by atoms with Gasteiger partial charge in [0.25, 0.3) is 0 Å². The molecule has 0 aromatic carbocycles. The Morgan fingerprint density at radius 1 is 1.18 bits per heavy atom. The number of carbonyl (C=O) groups is 1. The van der Waals surface area contributed by atoms with Crippen LogP contribution in [-0.2, 0) is 14.3 Å². The quantitative estimate of drug-likeness (QED) is 0.275. The third-order valence-electron chi connectivity index (χ3n) is 6.56. The molecule has 2 aliphatic rings. The molecule has 1 N–H and O–H groups in total. The fourth-order valence-electron chi connectivity index (χ4n) is 4.41. The first-order chi connectivity index (χ1) is 15.6. The second-order valence-corrected chi connectivity index (χ2v) is 11.7. The Labute approximate surface area is 210 Å². The second-order valence-electron chi connectivity index (χ2n) is 10.1. The van der Waals surface area contributed by atoms with E-state index < -0.39 is 6.10 Å². The van der Waals surface area contributed by atoms with Crippen molar-refractivity contribution < 1.29 is 19.4 Å². The van der Waals surface area contributed by atoms with E-state index in [1.165, 1.54) is 5.57 Å². The summed E-state index contributed by atoms with van der Waals surface area (Å²) in [7, 11) is 0. The first-order valence-corrected chi connectivity index (χ1v) is 13.7. The largest absolute Gasteiger partial charge is 0.388 e. The molecule has 0 spiro atoms. The topological polar surface area (TPSA) is 59.0 Å². The number of hydrogen-bond donors (Lipinski definition) is 1. The lowest BCUT2D eigenvalue weighted by atomic mass is 9.89. The lowest BCUT2D eigenvalue weighted by Gasteiger charge is -2.27. The van der Waals surface area contributed by atoms with Crippen molar-refractivity contribution in [1.82, 2.24) is 4.90 Å². The van der Waals surface area contributed by atoms with Crippen LogP contribution in [0.4, 0.5) is 0 Å². The highest BCUT2D eigenvalue weighted by molar-refractivity contribution is 8.23. The van der Waals surface area contributed by atoms with Crippen LogP contribution in [0, 0.1) is 17.8 Å². The van der Waals surface area contributed by atoms with E-state index in [0.29, 0.717) is 35.3 Å². The van der Waals surface area contributed by atoms with Gasteiger partial charge < -0.3 is 14.6 Å². The van der Waals surface area contributed by atoms with E-state index in [4.69, 9.17) is 21.7 Å². The molecule has 0 saturated carbocycles. The fourth-order valence-corrected chi connectivity index (χ4v) is 6.08. The third-order valence-corrected chi connectivity index (χ3v) is 8.06. The Morgan fingerprint density at radius 3 is 2.45 bits per heavy atom. The number of nitrogens with zero attached hydrogens (tertiary/aromatic N) is 1. The Hall–Kier alpha value is -0.730. The zero-order chi connectivity index (χ0) is 24.5. The zero-order valence-corrected chi connectivity index (χ0v) is 22.8. The predicted molar refractivity (Wildman–Crippen MR) is 141 cm³/mol. The van der Waals surface area contributed by atoms with Gasteiger partial charge in [0, 0.05) is 17.7 Å². The minimum atomic E-state index is -0.776. The van der Waals surface area contributed by atoms with Crippen LogP contribution >= 0.6 is 24.0 Å². The molecule has 0 aromatic heterocycles. The van der Waals surface area contributed by atoms with Gasteiger partial charge in [-0.2, -0.15) is 0 Å². The summed E-state index contributed by atoms with van der Waals surface area (Å²) in [6, 6.07) is 0.127. The maximum atomic E-state index is 12.7. The summed E-state index contributed by atoms with van der Waals surface area (Å²) in [6.45, 7) is 14.3. The van der Waals surface area contributed by atoms with Gasteiger partial charge >= 0.3 is 0 Å². The first kappa shape index (κ1) is 28.5. The molecule has 1 amide bonds. The Kier molecular flexibility index (Phi) is 12.1. The maximum absolute atomic E-state index is 12.7. The van der Waals surface area contributed by atoms with Crippen LogP contribution in [0.15, 0.2) is 23.3 Å². The first-order valence-electron chi connectivity index (χ1n) is 12.3. The monoisotopic (exact) mass is 497 g/mol. The zero-order valence-electron chi connectivity index (χ0n) is 21.2. The molecule has 0 unspecified atom stereocenters. The molecule has 7 heteroatoms. The van der Waals surface area contributed by atoms with Gasteiger partial charge in [-0.3, -0.25) is 9.69 Å². The molecule has 0 aliphatic carbocycles. The summed E-state index contributed by atoms with van der Waals surface area (Å²) >= 11 is 6.93. The summed E-state index contributed by atoms with van der Waals surface area (Å²) in [6.07, 6.45) is 7.26. The fraction of sp³-hybridized carbons (Fsp3) is 0.769. The summed E-state index contributed by atoms with van der Waals surface area (Å²) in [5.41, 5.74) is 2.48. The van der Waals surface area contributed by atoms with Crippen molar-refractivity contribution in [3.63, 3.8) is 0 Å². The summed E-state index contributed by atoms with van der Waals surface area (Å²) in [5, 5.41) is 10.5. The van der Waals surface area contributed by atoms with Crippen molar-refractivity contribution in [3.05, 3.63) is 23.3 Å². The van der Waals surface area contributed by atoms with E-state index >= 15 is 0 Å². The normalized spacial score (nSPS) is 22.6. The van der Waals surface area contributed by atoms with E-state index in [-0.39, 0.29) is 24.7 Å². The Balaban J connectivity index is 1.77. The van der Waals surface area contributed by atoms with Crippen LogP contribution in [0.25, 0.3) is 0 Å². The molecule has 0 bridgehead atoms. The molecule has 2 aliphatic heterocycles. The number of amides is 1. The molecular weight excluding hydrogens is 454 g/mol. The summed E-state index contributed by atoms with van der Waals surface area (Å²) < 4.78 is 12.1. The minimum absolute atomic E-state index is 0.0588. The number of thiocarbonyl (C=S) groups is 1. The molecule has 188 valence electrons. The smallest absolute Gasteiger partial charge is 0.231 e. The van der Waals surface area contributed by atoms with Crippen molar-refractivity contribution >= 4 is 34.2 Å². The van der Waals surface area contributed by atoms with Gasteiger partial charge in [-0.25, -0.2) is 0 Å². The van der Waals surface area contributed by atoms with Crippen molar-refractivity contribution in [2.75, 3.05) is 19.0 Å². The molecule has 2 rings (SSSR count). The highest BCUT2D eigenvalue weighted by atomic mass is 32.2. The maximum Gasteiger partial charge on any atom is 0.231 e. The van der Waals surface area contributed by atoms with E-state index in [2.05, 4.69) is 40.7 Å². The summed E-state index contributed by atoms with van der Waals surface area (Å²) in [5.74, 6) is 2.06. The van der Waals surface area contributed by atoms with Crippen LogP contribution < -0.4 is 0 Å². The van der Waals surface area contributed by atoms with Crippen molar-refractivity contribution in [3.8, 4) is 0 Å². The van der Waals surface area contributed by atoms with E-state index in [0.717, 1.165) is 37.0 Å². The SMILES string of the molecule is C/C(=C\[C@@H](O)CC(=O)N1C(=S)SC[C@@H]1C(C)C)CC/C=C(\C)CC[C@@H](C(C)C)C1OCCO1. The van der Waals surface area contributed by atoms with Gasteiger partial charge in [0.05, 0.1) is 25.7 Å². The second kappa shape index (κ2) is 14.0. The molecule has 0 radical (unpaired) electrons. The third kappa shape index (κ3) is 9.10. The van der Waals surface area contributed by atoms with Gasteiger partial charge in [0.1, 0.15) is 4.32 Å². The van der Waals surface area contributed by atoms with Gasteiger partial charge in [-0.1, -0.05) is 75.0 Å². The van der Waals surface area contributed by atoms with Crippen LogP contribution in [0.3, 0.4) is 0 Å². The number of allylic oxidation sites excluding steroid dienone is 3. The number of aliphatic hydroxyl groups is 1. The molecule has 2 fully saturated rings. The Bertz CT molecular complexity index is 713. The van der Waals surface area contributed by atoms with Crippen LogP contribution in [0.5, 0.6) is 0 Å². The number of thioether (sulfide) groups is 1. The number of hydrogen-bond acceptors (Lipinski definition) is 6. The molecule has 0 aromatic rings. The van der Waals surface area contributed by atoms with E-state index in [1.54, 1.807) is 16.7 Å². The van der Waals surface area contributed by atoms with Crippen molar-refractivity contribution in [1.29, 1.82) is 0 Å². The summed E-state index contributed by atoms with van der Waals surface area (Å²) in [4.78, 5) is 14.5. The van der Waals surface area contributed by atoms with Crippen LogP contribution in [0.2, 0.25) is 0 Å². The average Bonchev–Trinajstić information content (AvgIpc) is 3.37. The molecular formula is C26H43NO4S2. The lowest BCUT2D eigenvalue weighted by molar-refractivity contribution is -0.130. The molecule has 2 heterocycles. The molecule has 3 atom stereocenters. The van der Waals surface area contributed by atoms with Gasteiger partial charge in [0.2, 0.25) is 5.91 Å². The Morgan fingerprint density at radius 2 is 1.85 bits per heavy atom. The molecule has 33 heavy (non-hydrogen) atoms. The minimum Gasteiger partial charge on any atom is -0.388 e. The van der Waals surface area contributed by atoms with Crippen LogP contribution in [-0.4, -0.2) is 57.6 Å². The number of aliphatic hydroxyl groups excluding tert-OH is 1. The van der Waals surface area contributed by atoms with Crippen molar-refractivity contribution in [2.45, 2.75) is 92.1 Å². The van der Waals surface area contributed by atoms with Gasteiger partial charge in [-0.05, 0) is 51.4 Å². The number of carbonyl (C=O) groups excluding carboxylic acids is 1. The average molecular weight is 498 g/mol. The molecule has 5 nitrogen and oxygen atoms in total. The van der Waals surface area contributed by atoms with Gasteiger partial charge in [-0.15, -0.1) is 0 Å². The van der Waals surface area contributed by atoms with E-state index in [1.807, 2.05) is 13.0 Å². The highest BCUT2D eigenvalue weighted by Gasteiger charge is 2.36. The number of ether oxygens (including phenoxy) is 2. The molecule has 2 saturated heterocycles. The van der Waals surface area contributed by atoms with Gasteiger partial charge in [0.15, 0.2) is 6.29 Å². The van der Waals surface area contributed by atoms with Crippen molar-refractivity contribution in [2.24, 2.45) is 17.8 Å². The van der Waals surface area contributed by atoms with E-state index in [9.17, 15) is 9.90 Å². The van der Waals surface area contributed by atoms with Crippen LogP contribution in [0.1, 0.15) is 73.6 Å². The predicted octanol–water partition coefficient (Wildman–Crippen LogP) is 5.72. The lowest BCUT2D eigenvalue weighted by Crippen LogP contribution is -2.42. The number of rotatable bonds is 12. The standard InChI is InChI=1S/C26H43NO4S2/c1-17(2)22(25-30-12-13-31-25)11-10-19(5)8-7-9-20(6)14-21(28)15-24(29)27-23(18(3)4)16-33-26(27)32/h8,14,17-18,21-23,25,28H,7,9-13,15-16H2,1-6H3/b19-8+,20-14+/t21-,22+,23-/m1/s1. The highest BCUT2D eigenvalue weighted by Crippen LogP contribution is 2.30.